The number of nitrogen functional groups attached to an aromatic ring is 1. The molecule has 6 N–H and O–H groups in total. The Hall–Kier alpha value is -1.10. The highest BCUT2D eigenvalue weighted by Gasteiger charge is 1.99. The second-order valence-corrected chi connectivity index (χ2v) is 2.00. The van der Waals surface area contributed by atoms with Gasteiger partial charge in [0.1, 0.15) is 5.75 Å². The molecular formula is C6H10N3O+. The van der Waals surface area contributed by atoms with Crippen molar-refractivity contribution in [3.8, 4) is 5.75 Å². The smallest absolute Gasteiger partial charge is 0.169 e. The second kappa shape index (κ2) is 2.66. The van der Waals surface area contributed by atoms with Crippen LogP contribution in [0.15, 0.2) is 24.3 Å². The lowest BCUT2D eigenvalue weighted by Crippen LogP contribution is -3.18. The first-order valence-electron chi connectivity index (χ1n) is 2.87. The molecule has 54 valence electrons. The van der Waals surface area contributed by atoms with Gasteiger partial charge in [-0.1, -0.05) is 0 Å². The van der Waals surface area contributed by atoms with Gasteiger partial charge >= 0.3 is 0 Å². The number of phenolic OH excluding ortho intramolecular Hbond substituents is 1. The summed E-state index contributed by atoms with van der Waals surface area (Å²) in [6, 6.07) is 6.39. The molecule has 0 bridgehead atoms. The van der Waals surface area contributed by atoms with E-state index in [1.165, 1.54) is 12.1 Å². The summed E-state index contributed by atoms with van der Waals surface area (Å²) in [5.41, 5.74) is 0.734. The Morgan fingerprint density at radius 3 is 2.00 bits per heavy atom. The zero-order chi connectivity index (χ0) is 7.56. The number of rotatable bonds is 1. The van der Waals surface area contributed by atoms with E-state index in [-0.39, 0.29) is 10.9 Å². The van der Waals surface area contributed by atoms with Crippen molar-refractivity contribution >= 4 is 5.69 Å². The minimum atomic E-state index is 0.213. The SMILES string of the molecule is N[NH+](N)c1ccc(O)cc1. The zero-order valence-electron chi connectivity index (χ0n) is 5.41. The van der Waals surface area contributed by atoms with Gasteiger partial charge in [-0.2, -0.15) is 16.8 Å². The fourth-order valence-electron chi connectivity index (χ4n) is 0.654. The first-order chi connectivity index (χ1) is 4.70. The van der Waals surface area contributed by atoms with Crippen LogP contribution in [0.25, 0.3) is 0 Å². The fourth-order valence-corrected chi connectivity index (χ4v) is 0.654. The maximum Gasteiger partial charge on any atom is 0.169 e. The molecular weight excluding hydrogens is 130 g/mol. The summed E-state index contributed by atoms with van der Waals surface area (Å²) >= 11 is 0. The van der Waals surface area contributed by atoms with E-state index < -0.39 is 0 Å². The third kappa shape index (κ3) is 1.44. The average Bonchev–Trinajstić information content (AvgIpc) is 1.88. The van der Waals surface area contributed by atoms with Gasteiger partial charge in [0.2, 0.25) is 0 Å². The molecule has 1 rings (SSSR count). The van der Waals surface area contributed by atoms with Gasteiger partial charge in [0.05, 0.1) is 0 Å². The minimum Gasteiger partial charge on any atom is -0.508 e. The highest BCUT2D eigenvalue weighted by atomic mass is 16.3. The minimum absolute atomic E-state index is 0.213. The quantitative estimate of drug-likeness (QED) is 0.221. The van der Waals surface area contributed by atoms with Crippen LogP contribution < -0.4 is 16.8 Å². The molecule has 0 heterocycles. The van der Waals surface area contributed by atoms with Crippen LogP contribution >= 0.6 is 0 Å². The lowest BCUT2D eigenvalue weighted by molar-refractivity contribution is -0.858. The highest BCUT2D eigenvalue weighted by Crippen LogP contribution is 2.09. The number of nitrogens with one attached hydrogen (secondary N) is 1. The molecule has 0 unspecified atom stereocenters. The number of benzene rings is 1. The molecule has 0 aromatic heterocycles. The molecule has 4 nitrogen and oxygen atoms in total. The van der Waals surface area contributed by atoms with Gasteiger partial charge in [-0.3, -0.25) is 0 Å². The van der Waals surface area contributed by atoms with E-state index in [1.807, 2.05) is 0 Å². The van der Waals surface area contributed by atoms with Gasteiger partial charge in [-0.15, -0.1) is 0 Å². The summed E-state index contributed by atoms with van der Waals surface area (Å²) in [5, 5.41) is 9.11. The first kappa shape index (κ1) is 7.01. The normalized spacial score (nSPS) is 10.3. The fraction of sp³-hybridized carbons (Fsp3) is 0. The Morgan fingerprint density at radius 1 is 1.10 bits per heavy atom. The van der Waals surface area contributed by atoms with E-state index in [1.54, 1.807) is 12.1 Å². The number of hydrogen-bond donors (Lipinski definition) is 4. The van der Waals surface area contributed by atoms with Crippen molar-refractivity contribution in [1.29, 1.82) is 0 Å². The third-order valence-corrected chi connectivity index (χ3v) is 1.20. The van der Waals surface area contributed by atoms with Gasteiger partial charge in [0.25, 0.3) is 0 Å². The summed E-state index contributed by atoms with van der Waals surface area (Å²) in [5.74, 6) is 10.8. The van der Waals surface area contributed by atoms with Gasteiger partial charge in [-0.25, -0.2) is 0 Å². The van der Waals surface area contributed by atoms with E-state index in [4.69, 9.17) is 16.8 Å². The molecule has 0 radical (unpaired) electrons. The number of hydrogen-bond acceptors (Lipinski definition) is 3. The topological polar surface area (TPSA) is 76.7 Å². The number of quaternary nitrogens is 1. The molecule has 0 spiro atoms. The average molecular weight is 140 g/mol. The maximum absolute atomic E-state index is 8.85. The predicted octanol–water partition coefficient (Wildman–Crippen LogP) is -1.34. The maximum atomic E-state index is 8.85. The first-order valence-corrected chi connectivity index (χ1v) is 2.87. The lowest BCUT2D eigenvalue weighted by atomic mass is 10.3. The summed E-state index contributed by atoms with van der Waals surface area (Å²) in [6.45, 7) is 0. The van der Waals surface area contributed by atoms with E-state index in [9.17, 15) is 0 Å². The zero-order valence-corrected chi connectivity index (χ0v) is 5.41. The van der Waals surface area contributed by atoms with Crippen molar-refractivity contribution in [2.24, 2.45) is 11.7 Å². The largest absolute Gasteiger partial charge is 0.508 e. The van der Waals surface area contributed by atoms with Crippen LogP contribution in [0.3, 0.4) is 0 Å². The Morgan fingerprint density at radius 2 is 1.60 bits per heavy atom. The number of nitrogens with two attached hydrogens (primary N) is 2. The molecule has 0 saturated heterocycles. The summed E-state index contributed by atoms with van der Waals surface area (Å²) in [4.78, 5) is 0. The molecule has 0 aliphatic rings. The highest BCUT2D eigenvalue weighted by molar-refractivity contribution is 5.34. The third-order valence-electron chi connectivity index (χ3n) is 1.20. The lowest BCUT2D eigenvalue weighted by Gasteiger charge is -2.02. The Labute approximate surface area is 58.6 Å². The van der Waals surface area contributed by atoms with E-state index in [2.05, 4.69) is 0 Å². The van der Waals surface area contributed by atoms with Crippen molar-refractivity contribution in [2.75, 3.05) is 0 Å². The molecule has 0 fully saturated rings. The summed E-state index contributed by atoms with van der Waals surface area (Å²) in [7, 11) is 0. The molecule has 1 aromatic rings. The Kier molecular flexibility index (Phi) is 1.86. The van der Waals surface area contributed by atoms with Gasteiger partial charge in [-0.05, 0) is 12.1 Å². The van der Waals surface area contributed by atoms with E-state index in [0.717, 1.165) is 5.69 Å². The monoisotopic (exact) mass is 140 g/mol. The Balaban J connectivity index is 2.89. The molecule has 10 heavy (non-hydrogen) atoms. The Bertz CT molecular complexity index is 207. The van der Waals surface area contributed by atoms with E-state index in [0.29, 0.717) is 0 Å². The molecule has 4 heteroatoms. The van der Waals surface area contributed by atoms with Crippen LogP contribution in [-0.2, 0) is 0 Å². The van der Waals surface area contributed by atoms with Crippen LogP contribution in [0, 0.1) is 0 Å². The van der Waals surface area contributed by atoms with Crippen LogP contribution in [0.4, 0.5) is 5.69 Å². The second-order valence-electron chi connectivity index (χ2n) is 2.00. The molecule has 1 aromatic carbocycles. The summed E-state index contributed by atoms with van der Waals surface area (Å²) < 4.78 is 0. The van der Waals surface area contributed by atoms with Gasteiger partial charge in [0.15, 0.2) is 5.69 Å². The van der Waals surface area contributed by atoms with Crippen molar-refractivity contribution in [3.63, 3.8) is 0 Å². The summed E-state index contributed by atoms with van der Waals surface area (Å²) in [6.07, 6.45) is 0. The van der Waals surface area contributed by atoms with Crippen LogP contribution in [0.1, 0.15) is 0 Å². The van der Waals surface area contributed by atoms with E-state index >= 15 is 0 Å². The molecule has 0 amide bonds. The molecule has 0 saturated carbocycles. The van der Waals surface area contributed by atoms with Gasteiger partial charge < -0.3 is 5.11 Å². The van der Waals surface area contributed by atoms with Crippen molar-refractivity contribution in [3.05, 3.63) is 24.3 Å². The van der Waals surface area contributed by atoms with Crippen molar-refractivity contribution in [1.82, 2.24) is 0 Å². The predicted molar refractivity (Wildman–Crippen MR) is 37.1 cm³/mol. The van der Waals surface area contributed by atoms with Crippen LogP contribution in [0.5, 0.6) is 5.75 Å². The molecule has 0 atom stereocenters. The van der Waals surface area contributed by atoms with Crippen molar-refractivity contribution < 1.29 is 10.2 Å². The molecule has 0 aliphatic heterocycles. The standard InChI is InChI=1S/C6H9N3O/c7-9(8)5-1-3-6(10)4-2-5/h1-4,10H,7-8H2/p+1. The molecule has 0 aliphatic carbocycles. The number of phenols is 1. The van der Waals surface area contributed by atoms with Crippen molar-refractivity contribution in [2.45, 2.75) is 0 Å². The van der Waals surface area contributed by atoms with Crippen LogP contribution in [-0.4, -0.2) is 5.11 Å². The van der Waals surface area contributed by atoms with Crippen LogP contribution in [0.2, 0.25) is 0 Å². The number of aromatic hydroxyl groups is 1. The van der Waals surface area contributed by atoms with Gasteiger partial charge in [0, 0.05) is 12.1 Å².